The largest absolute Gasteiger partial charge is 0.460 e. The van der Waals surface area contributed by atoms with Crippen molar-refractivity contribution in [2.45, 2.75) is 44.7 Å². The maximum atomic E-state index is 16.4. The Morgan fingerprint density at radius 2 is 1.16 bits per heavy atom. The van der Waals surface area contributed by atoms with Crippen LogP contribution in [-0.2, 0) is 0 Å². The van der Waals surface area contributed by atoms with Gasteiger partial charge >= 0.3 is 23.9 Å². The van der Waals surface area contributed by atoms with E-state index in [1.54, 1.807) is 54.6 Å². The fourth-order valence-corrected chi connectivity index (χ4v) is 6.01. The molecule has 2 aliphatic rings. The fourth-order valence-electron chi connectivity index (χ4n) is 6.01. The van der Waals surface area contributed by atoms with E-state index in [9.17, 15) is 22.0 Å². The van der Waals surface area contributed by atoms with E-state index in [1.165, 1.54) is 18.2 Å². The number of hydrogen-bond acceptors (Lipinski definition) is 0. The zero-order valence-corrected chi connectivity index (χ0v) is 20.3. The molecule has 1 unspecified atom stereocenters. The molecule has 5 rings (SSSR count). The molecule has 0 spiro atoms. The van der Waals surface area contributed by atoms with Crippen molar-refractivity contribution in [3.63, 3.8) is 0 Å². The maximum absolute atomic E-state index is 16.4. The summed E-state index contributed by atoms with van der Waals surface area (Å²) in [6, 6.07) is 17.4. The monoisotopic (exact) mass is 540 g/mol. The van der Waals surface area contributed by atoms with Crippen molar-refractivity contribution in [1.29, 1.82) is 0 Å². The quantitative estimate of drug-likeness (QED) is 0.289. The highest BCUT2D eigenvalue weighted by Crippen LogP contribution is 2.78. The highest BCUT2D eigenvalue weighted by atomic mass is 19.4. The molecule has 3 aromatic rings. The Bertz CT molecular complexity index is 1510. The van der Waals surface area contributed by atoms with E-state index in [1.807, 2.05) is 0 Å². The van der Waals surface area contributed by atoms with Crippen LogP contribution in [0.15, 0.2) is 72.3 Å². The zero-order chi connectivity index (χ0) is 28.1. The molecule has 9 heteroatoms. The van der Waals surface area contributed by atoms with Gasteiger partial charge in [0.25, 0.3) is 0 Å². The molecule has 0 bridgehead atoms. The summed E-state index contributed by atoms with van der Waals surface area (Å²) in [6.07, 6.45) is -5.72. The molecule has 0 radical (unpaired) electrons. The van der Waals surface area contributed by atoms with Crippen LogP contribution < -0.4 is 0 Å². The number of fused-ring (bicyclic) bond motifs is 4. The van der Waals surface area contributed by atoms with Crippen molar-refractivity contribution in [3.05, 3.63) is 89.0 Å². The Balaban J connectivity index is 1.94. The molecule has 2 aliphatic carbocycles. The molecule has 3 aromatic carbocycles. The number of halogens is 9. The lowest BCUT2D eigenvalue weighted by Crippen LogP contribution is -2.70. The van der Waals surface area contributed by atoms with Crippen LogP contribution in [0.1, 0.15) is 37.5 Å². The van der Waals surface area contributed by atoms with E-state index in [0.29, 0.717) is 21.9 Å². The van der Waals surface area contributed by atoms with Crippen LogP contribution in [-0.4, -0.2) is 23.9 Å². The summed E-state index contributed by atoms with van der Waals surface area (Å²) in [5.41, 5.74) is -4.94. The third-order valence-corrected chi connectivity index (χ3v) is 7.63. The number of benzene rings is 3. The lowest BCUT2D eigenvalue weighted by Gasteiger charge is -2.60. The van der Waals surface area contributed by atoms with Crippen molar-refractivity contribution in [1.82, 2.24) is 0 Å². The van der Waals surface area contributed by atoms with Crippen molar-refractivity contribution in [2.75, 3.05) is 0 Å². The normalized spacial score (nSPS) is 20.3. The standard InChI is InChI=1S/C29H21F9/c1-24(2,3)25(26(30,31)27(32,33)28(34,35)29(36,37)38)21-15-17-10-5-7-13-19(17)22(21)23(25)20-14-8-11-16-9-4-6-12-18(16)20/h4-15H,1-3H3. The van der Waals surface area contributed by atoms with Gasteiger partial charge in [0.05, 0.1) is 5.41 Å². The third-order valence-electron chi connectivity index (χ3n) is 7.63. The minimum atomic E-state index is -7.01. The highest BCUT2D eigenvalue weighted by Gasteiger charge is 2.89. The number of rotatable bonds is 4. The minimum Gasteiger partial charge on any atom is -0.198 e. The van der Waals surface area contributed by atoms with E-state index in [2.05, 4.69) is 0 Å². The summed E-state index contributed by atoms with van der Waals surface area (Å²) in [6.45, 7) is 3.44. The van der Waals surface area contributed by atoms with E-state index >= 15 is 17.6 Å². The fraction of sp³-hybridized carbons (Fsp3) is 0.310. The molecule has 0 fully saturated rings. The van der Waals surface area contributed by atoms with Gasteiger partial charge in [-0.2, -0.15) is 39.5 Å². The van der Waals surface area contributed by atoms with Gasteiger partial charge in [-0.05, 0) is 55.7 Å². The first-order valence-electron chi connectivity index (χ1n) is 11.7. The molecule has 0 amide bonds. The third kappa shape index (κ3) is 2.96. The average Bonchev–Trinajstić information content (AvgIpc) is 3.12. The molecule has 0 aliphatic heterocycles. The van der Waals surface area contributed by atoms with Crippen LogP contribution in [0.25, 0.3) is 28.0 Å². The van der Waals surface area contributed by atoms with Gasteiger partial charge in [-0.25, -0.2) is 0 Å². The molecule has 0 nitrogen and oxygen atoms in total. The van der Waals surface area contributed by atoms with Crippen LogP contribution in [0.3, 0.4) is 0 Å². The topological polar surface area (TPSA) is 0 Å². The molecule has 1 atom stereocenters. The molecule has 200 valence electrons. The summed E-state index contributed by atoms with van der Waals surface area (Å²) in [4.78, 5) is 0. The van der Waals surface area contributed by atoms with Crippen LogP contribution in [0, 0.1) is 10.8 Å². The molecule has 0 aromatic heterocycles. The van der Waals surface area contributed by atoms with Crippen molar-refractivity contribution in [3.8, 4) is 0 Å². The Labute approximate surface area is 212 Å². The van der Waals surface area contributed by atoms with Crippen LogP contribution in [0.2, 0.25) is 0 Å². The number of hydrogen-bond donors (Lipinski definition) is 0. The Morgan fingerprint density at radius 1 is 0.605 bits per heavy atom. The van der Waals surface area contributed by atoms with Crippen LogP contribution in [0.4, 0.5) is 39.5 Å². The highest BCUT2D eigenvalue weighted by molar-refractivity contribution is 6.20. The Kier molecular flexibility index (Phi) is 5.32. The predicted octanol–water partition coefficient (Wildman–Crippen LogP) is 9.66. The van der Waals surface area contributed by atoms with Gasteiger partial charge in [-0.1, -0.05) is 87.5 Å². The summed E-state index contributed by atoms with van der Waals surface area (Å²) in [5, 5.41) is 0.927. The van der Waals surface area contributed by atoms with E-state index < -0.39 is 40.3 Å². The Morgan fingerprint density at radius 3 is 1.79 bits per heavy atom. The number of allylic oxidation sites excluding steroid dienone is 3. The summed E-state index contributed by atoms with van der Waals surface area (Å²) < 4.78 is 131. The Hall–Kier alpha value is -3.23. The van der Waals surface area contributed by atoms with Crippen molar-refractivity contribution in [2.24, 2.45) is 10.8 Å². The molecular formula is C29H21F9. The molecule has 0 N–H and O–H groups in total. The van der Waals surface area contributed by atoms with Gasteiger partial charge in [-0.15, -0.1) is 0 Å². The van der Waals surface area contributed by atoms with Gasteiger partial charge in [0, 0.05) is 0 Å². The van der Waals surface area contributed by atoms with Crippen LogP contribution >= 0.6 is 0 Å². The van der Waals surface area contributed by atoms with E-state index in [0.717, 1.165) is 20.8 Å². The average molecular weight is 540 g/mol. The number of alkyl halides is 9. The predicted molar refractivity (Wildman–Crippen MR) is 128 cm³/mol. The molecular weight excluding hydrogens is 519 g/mol. The second kappa shape index (κ2) is 7.67. The molecule has 0 heterocycles. The summed E-state index contributed by atoms with van der Waals surface area (Å²) in [7, 11) is 0. The minimum absolute atomic E-state index is 0.0627. The first kappa shape index (κ1) is 26.4. The first-order valence-corrected chi connectivity index (χ1v) is 11.7. The molecule has 0 saturated heterocycles. The van der Waals surface area contributed by atoms with E-state index in [-0.39, 0.29) is 16.7 Å². The summed E-state index contributed by atoms with van der Waals surface area (Å²) in [5.74, 6) is -19.7. The maximum Gasteiger partial charge on any atom is 0.460 e. The van der Waals surface area contributed by atoms with Gasteiger partial charge in [0.1, 0.15) is 0 Å². The SMILES string of the molecule is CC(C)(C)C1(C(F)(F)C(F)(F)C(F)(F)C(F)(F)F)C2=Cc3ccccc3C2=C1c1cccc2ccccc12. The smallest absolute Gasteiger partial charge is 0.198 e. The van der Waals surface area contributed by atoms with Crippen LogP contribution in [0.5, 0.6) is 0 Å². The van der Waals surface area contributed by atoms with E-state index in [4.69, 9.17) is 0 Å². The van der Waals surface area contributed by atoms with Crippen molar-refractivity contribution < 1.29 is 39.5 Å². The van der Waals surface area contributed by atoms with Gasteiger partial charge in [0.15, 0.2) is 0 Å². The second-order valence-corrected chi connectivity index (χ2v) is 10.6. The second-order valence-electron chi connectivity index (χ2n) is 10.6. The lowest BCUT2D eigenvalue weighted by molar-refractivity contribution is -0.410. The first-order chi connectivity index (χ1) is 17.4. The molecule has 38 heavy (non-hydrogen) atoms. The van der Waals surface area contributed by atoms with Gasteiger partial charge in [-0.3, -0.25) is 0 Å². The summed E-state index contributed by atoms with van der Waals surface area (Å²) >= 11 is 0. The van der Waals surface area contributed by atoms with Gasteiger partial charge in [0.2, 0.25) is 0 Å². The lowest BCUT2D eigenvalue weighted by atomic mass is 9.44. The van der Waals surface area contributed by atoms with Gasteiger partial charge < -0.3 is 0 Å². The zero-order valence-electron chi connectivity index (χ0n) is 20.3. The van der Waals surface area contributed by atoms with Crippen molar-refractivity contribution >= 4 is 28.0 Å². The molecule has 0 saturated carbocycles.